The van der Waals surface area contributed by atoms with E-state index in [-0.39, 0.29) is 0 Å². The van der Waals surface area contributed by atoms with Gasteiger partial charge in [0, 0.05) is 51.9 Å². The monoisotopic (exact) mass is 362 g/mol. The van der Waals surface area contributed by atoms with Crippen molar-refractivity contribution in [1.29, 1.82) is 0 Å². The van der Waals surface area contributed by atoms with Gasteiger partial charge in [0.15, 0.2) is 5.96 Å². The van der Waals surface area contributed by atoms with Gasteiger partial charge in [0.05, 0.1) is 13.2 Å². The molecule has 0 unspecified atom stereocenters. The van der Waals surface area contributed by atoms with Gasteiger partial charge in [-0.3, -0.25) is 9.89 Å². The molecule has 1 aromatic rings. The molecule has 1 aliphatic rings. The Morgan fingerprint density at radius 1 is 1.27 bits per heavy atom. The molecule has 0 bridgehead atoms. The molecule has 1 saturated carbocycles. The molecular weight excluding hydrogens is 328 g/mol. The third-order valence-corrected chi connectivity index (χ3v) is 4.53. The Kier molecular flexibility index (Phi) is 8.71. The predicted octanol–water partition coefficient (Wildman–Crippen LogP) is 2.17. The van der Waals surface area contributed by atoms with E-state index in [0.717, 1.165) is 49.6 Å². The van der Waals surface area contributed by atoms with Crippen molar-refractivity contribution in [2.45, 2.75) is 39.3 Å². The van der Waals surface area contributed by atoms with Crippen LogP contribution in [0.15, 0.2) is 23.2 Å². The lowest BCUT2D eigenvalue weighted by Crippen LogP contribution is -2.42. The SMILES string of the molecule is CCOc1cc(C)ccc1CNC(=NC)NCCN(CCOC)C1CC1. The minimum Gasteiger partial charge on any atom is -0.494 e. The molecular formula is C20H34N4O2. The number of hydrogen-bond acceptors (Lipinski definition) is 4. The lowest BCUT2D eigenvalue weighted by molar-refractivity contribution is 0.144. The van der Waals surface area contributed by atoms with Gasteiger partial charge in [-0.2, -0.15) is 0 Å². The highest BCUT2D eigenvalue weighted by atomic mass is 16.5. The maximum absolute atomic E-state index is 5.75. The van der Waals surface area contributed by atoms with Gasteiger partial charge >= 0.3 is 0 Å². The van der Waals surface area contributed by atoms with Crippen molar-refractivity contribution in [3.05, 3.63) is 29.3 Å². The summed E-state index contributed by atoms with van der Waals surface area (Å²) in [4.78, 5) is 6.82. The Hall–Kier alpha value is -1.79. The van der Waals surface area contributed by atoms with Crippen LogP contribution in [-0.4, -0.2) is 63.9 Å². The molecule has 0 amide bonds. The minimum absolute atomic E-state index is 0.669. The normalized spacial score (nSPS) is 14.6. The Balaban J connectivity index is 1.79. The molecule has 0 radical (unpaired) electrons. The highest BCUT2D eigenvalue weighted by Gasteiger charge is 2.28. The fourth-order valence-electron chi connectivity index (χ4n) is 2.94. The maximum atomic E-state index is 5.75. The number of methoxy groups -OCH3 is 1. The summed E-state index contributed by atoms with van der Waals surface area (Å²) in [5.74, 6) is 1.76. The van der Waals surface area contributed by atoms with Crippen LogP contribution in [0.4, 0.5) is 0 Å². The van der Waals surface area contributed by atoms with E-state index in [0.29, 0.717) is 13.2 Å². The molecule has 6 heteroatoms. The third kappa shape index (κ3) is 6.84. The van der Waals surface area contributed by atoms with Crippen molar-refractivity contribution in [1.82, 2.24) is 15.5 Å². The Morgan fingerprint density at radius 2 is 2.08 bits per heavy atom. The number of rotatable bonds is 11. The standard InChI is InChI=1S/C20H34N4O2/c1-5-26-19-14-16(2)6-7-17(19)15-23-20(21-3)22-10-11-24(12-13-25-4)18-8-9-18/h6-7,14,18H,5,8-13,15H2,1-4H3,(H2,21,22,23). The second-order valence-electron chi connectivity index (χ2n) is 6.66. The molecule has 2 N–H and O–H groups in total. The van der Waals surface area contributed by atoms with Crippen LogP contribution < -0.4 is 15.4 Å². The van der Waals surface area contributed by atoms with Crippen LogP contribution in [0.3, 0.4) is 0 Å². The number of guanidine groups is 1. The fraction of sp³-hybridized carbons (Fsp3) is 0.650. The van der Waals surface area contributed by atoms with Gasteiger partial charge in [-0.1, -0.05) is 12.1 Å². The van der Waals surface area contributed by atoms with Gasteiger partial charge in [-0.25, -0.2) is 0 Å². The number of ether oxygens (including phenoxy) is 2. The average Bonchev–Trinajstić information content (AvgIpc) is 3.47. The molecule has 0 aliphatic heterocycles. The van der Waals surface area contributed by atoms with Crippen LogP contribution in [-0.2, 0) is 11.3 Å². The summed E-state index contributed by atoms with van der Waals surface area (Å²) in [5.41, 5.74) is 2.34. The van der Waals surface area contributed by atoms with Crippen molar-refractivity contribution in [3.63, 3.8) is 0 Å². The number of benzene rings is 1. The quantitative estimate of drug-likeness (QED) is 0.467. The molecule has 0 heterocycles. The summed E-state index contributed by atoms with van der Waals surface area (Å²) in [6.45, 7) is 9.10. The lowest BCUT2D eigenvalue weighted by Gasteiger charge is -2.22. The Bertz CT molecular complexity index is 573. The first kappa shape index (κ1) is 20.5. The third-order valence-electron chi connectivity index (χ3n) is 4.53. The molecule has 6 nitrogen and oxygen atoms in total. The highest BCUT2D eigenvalue weighted by Crippen LogP contribution is 2.26. The van der Waals surface area contributed by atoms with Crippen LogP contribution in [0.2, 0.25) is 0 Å². The summed E-state index contributed by atoms with van der Waals surface area (Å²) in [5, 5.41) is 6.79. The highest BCUT2D eigenvalue weighted by molar-refractivity contribution is 5.79. The summed E-state index contributed by atoms with van der Waals surface area (Å²) in [7, 11) is 3.56. The molecule has 0 aromatic heterocycles. The van der Waals surface area contributed by atoms with E-state index in [1.807, 2.05) is 6.92 Å². The Labute approximate surface area is 158 Å². The van der Waals surface area contributed by atoms with Crippen molar-refractivity contribution >= 4 is 5.96 Å². The predicted molar refractivity (Wildman–Crippen MR) is 107 cm³/mol. The second kappa shape index (κ2) is 11.0. The van der Waals surface area contributed by atoms with E-state index in [9.17, 15) is 0 Å². The number of hydrogen-bond donors (Lipinski definition) is 2. The van der Waals surface area contributed by atoms with E-state index >= 15 is 0 Å². The molecule has 1 fully saturated rings. The van der Waals surface area contributed by atoms with E-state index in [2.05, 4.69) is 45.6 Å². The first-order valence-corrected chi connectivity index (χ1v) is 9.57. The number of aryl methyl sites for hydroxylation is 1. The van der Waals surface area contributed by atoms with Crippen LogP contribution in [0.25, 0.3) is 0 Å². The fourth-order valence-corrected chi connectivity index (χ4v) is 2.94. The molecule has 0 atom stereocenters. The van der Waals surface area contributed by atoms with Gasteiger partial charge in [0.25, 0.3) is 0 Å². The van der Waals surface area contributed by atoms with Gasteiger partial charge in [-0.05, 0) is 38.3 Å². The van der Waals surface area contributed by atoms with Gasteiger partial charge < -0.3 is 20.1 Å². The molecule has 146 valence electrons. The van der Waals surface area contributed by atoms with Crippen molar-refractivity contribution in [2.75, 3.05) is 47.0 Å². The number of aliphatic imine (C=N–C) groups is 1. The van der Waals surface area contributed by atoms with Crippen molar-refractivity contribution < 1.29 is 9.47 Å². The zero-order chi connectivity index (χ0) is 18.8. The average molecular weight is 363 g/mol. The zero-order valence-electron chi connectivity index (χ0n) is 16.7. The van der Waals surface area contributed by atoms with E-state index in [4.69, 9.17) is 9.47 Å². The smallest absolute Gasteiger partial charge is 0.191 e. The van der Waals surface area contributed by atoms with E-state index in [1.165, 1.54) is 18.4 Å². The van der Waals surface area contributed by atoms with Crippen LogP contribution >= 0.6 is 0 Å². The maximum Gasteiger partial charge on any atom is 0.191 e. The molecule has 1 aromatic carbocycles. The summed E-state index contributed by atoms with van der Waals surface area (Å²) < 4.78 is 11.0. The molecule has 2 rings (SSSR count). The first-order chi connectivity index (χ1) is 12.7. The van der Waals surface area contributed by atoms with Crippen LogP contribution in [0.5, 0.6) is 5.75 Å². The molecule has 0 spiro atoms. The zero-order valence-corrected chi connectivity index (χ0v) is 16.7. The largest absolute Gasteiger partial charge is 0.494 e. The van der Waals surface area contributed by atoms with Crippen LogP contribution in [0, 0.1) is 6.92 Å². The van der Waals surface area contributed by atoms with Crippen molar-refractivity contribution in [3.8, 4) is 5.75 Å². The van der Waals surface area contributed by atoms with Gasteiger partial charge in [0.1, 0.15) is 5.75 Å². The second-order valence-corrected chi connectivity index (χ2v) is 6.66. The molecule has 0 saturated heterocycles. The van der Waals surface area contributed by atoms with Crippen molar-refractivity contribution in [2.24, 2.45) is 4.99 Å². The van der Waals surface area contributed by atoms with Gasteiger partial charge in [-0.15, -0.1) is 0 Å². The molecule has 1 aliphatic carbocycles. The topological polar surface area (TPSA) is 58.1 Å². The van der Waals surface area contributed by atoms with Gasteiger partial charge in [0.2, 0.25) is 0 Å². The van der Waals surface area contributed by atoms with E-state index in [1.54, 1.807) is 14.2 Å². The molecule has 26 heavy (non-hydrogen) atoms. The first-order valence-electron chi connectivity index (χ1n) is 9.57. The minimum atomic E-state index is 0.669. The Morgan fingerprint density at radius 3 is 2.73 bits per heavy atom. The number of nitrogens with one attached hydrogen (secondary N) is 2. The summed E-state index contributed by atoms with van der Waals surface area (Å²) in [6, 6.07) is 7.04. The van der Waals surface area contributed by atoms with E-state index < -0.39 is 0 Å². The number of nitrogens with zero attached hydrogens (tertiary/aromatic N) is 2. The van der Waals surface area contributed by atoms with Crippen LogP contribution in [0.1, 0.15) is 30.9 Å². The lowest BCUT2D eigenvalue weighted by atomic mass is 10.1. The summed E-state index contributed by atoms with van der Waals surface area (Å²) in [6.07, 6.45) is 2.62. The summed E-state index contributed by atoms with van der Waals surface area (Å²) >= 11 is 0.